The van der Waals surface area contributed by atoms with Gasteiger partial charge < -0.3 is 15.7 Å². The lowest BCUT2D eigenvalue weighted by Gasteiger charge is -2.30. The van der Waals surface area contributed by atoms with Crippen molar-refractivity contribution in [2.24, 2.45) is 0 Å². The molecule has 3 N–H and O–H groups in total. The average Bonchev–Trinajstić information content (AvgIpc) is 2.83. The number of carbonyl (C=O) groups is 1. The van der Waals surface area contributed by atoms with E-state index in [9.17, 15) is 9.90 Å². The normalized spacial score (nSPS) is 16.2. The number of aromatic nitrogens is 3. The second-order valence-electron chi connectivity index (χ2n) is 5.00. The highest BCUT2D eigenvalue weighted by atomic mass is 16.3. The zero-order valence-electron chi connectivity index (χ0n) is 11.4. The summed E-state index contributed by atoms with van der Waals surface area (Å²) in [5.41, 5.74) is -0.273. The van der Waals surface area contributed by atoms with Gasteiger partial charge in [-0.25, -0.2) is 4.68 Å². The van der Waals surface area contributed by atoms with Gasteiger partial charge in [0.1, 0.15) is 0 Å². The summed E-state index contributed by atoms with van der Waals surface area (Å²) in [4.78, 5) is 12.1. The molecule has 1 aromatic heterocycles. The lowest BCUT2D eigenvalue weighted by atomic mass is 9.94. The Bertz CT molecular complexity index is 429. The molecule has 2 rings (SSSR count). The quantitative estimate of drug-likeness (QED) is 0.658. The minimum absolute atomic E-state index is 0.0770. The van der Waals surface area contributed by atoms with Gasteiger partial charge in [0.2, 0.25) is 0 Å². The van der Waals surface area contributed by atoms with Crippen molar-refractivity contribution >= 4 is 5.91 Å². The molecule has 1 aliphatic rings. The maximum atomic E-state index is 12.1. The molecule has 0 aromatic carbocycles. The molecule has 0 unspecified atom stereocenters. The zero-order chi connectivity index (χ0) is 13.9. The Kier molecular flexibility index (Phi) is 4.16. The molecule has 0 saturated carbocycles. The highest BCUT2D eigenvalue weighted by Gasteiger charge is 2.29. The summed E-state index contributed by atoms with van der Waals surface area (Å²) in [6.45, 7) is 5.52. The molecule has 7 nitrogen and oxygen atoms in total. The van der Waals surface area contributed by atoms with Crippen LogP contribution in [0.15, 0.2) is 6.20 Å². The number of nitrogens with one attached hydrogen (secondary N) is 2. The summed E-state index contributed by atoms with van der Waals surface area (Å²) in [6, 6.07) is 0.286. The van der Waals surface area contributed by atoms with Crippen LogP contribution in [-0.2, 0) is 0 Å². The lowest BCUT2D eigenvalue weighted by molar-refractivity contribution is 0.0812. The largest absolute Gasteiger partial charge is 0.394 e. The standard InChI is InChI=1S/C12H21N5O2/c1-3-12(4-2,8-18)14-11(19)10-7-17(16-15-10)9-5-13-6-9/h7,9,13,18H,3-6,8H2,1-2H3,(H,14,19). The van der Waals surface area contributed by atoms with Crippen LogP contribution in [0.4, 0.5) is 0 Å². The summed E-state index contributed by atoms with van der Waals surface area (Å²) in [5, 5.41) is 23.3. The summed E-state index contributed by atoms with van der Waals surface area (Å²) < 4.78 is 1.71. The van der Waals surface area contributed by atoms with Crippen molar-refractivity contribution < 1.29 is 9.90 Å². The van der Waals surface area contributed by atoms with E-state index in [2.05, 4.69) is 20.9 Å². The third-order valence-corrected chi connectivity index (χ3v) is 3.91. The second kappa shape index (κ2) is 5.66. The number of aliphatic hydroxyl groups is 1. The van der Waals surface area contributed by atoms with E-state index in [1.54, 1.807) is 10.9 Å². The van der Waals surface area contributed by atoms with Gasteiger partial charge in [-0.1, -0.05) is 19.1 Å². The minimum atomic E-state index is -0.571. The SMILES string of the molecule is CCC(CC)(CO)NC(=O)c1cn(C2CNC2)nn1. The molecule has 0 atom stereocenters. The molecule has 0 aliphatic carbocycles. The van der Waals surface area contributed by atoms with Crippen molar-refractivity contribution in [3.63, 3.8) is 0 Å². The van der Waals surface area contributed by atoms with Crippen LogP contribution in [-0.4, -0.2) is 51.2 Å². The predicted octanol–water partition coefficient (Wildman–Crippen LogP) is -0.297. The Labute approximate surface area is 112 Å². The summed E-state index contributed by atoms with van der Waals surface area (Å²) in [7, 11) is 0. The smallest absolute Gasteiger partial charge is 0.273 e. The first-order valence-corrected chi connectivity index (χ1v) is 6.70. The van der Waals surface area contributed by atoms with Crippen LogP contribution in [0.1, 0.15) is 43.2 Å². The first-order chi connectivity index (χ1) is 9.14. The first-order valence-electron chi connectivity index (χ1n) is 6.70. The molecule has 1 saturated heterocycles. The molecule has 0 spiro atoms. The maximum Gasteiger partial charge on any atom is 0.273 e. The van der Waals surface area contributed by atoms with Gasteiger partial charge in [-0.2, -0.15) is 0 Å². The van der Waals surface area contributed by atoms with Crippen LogP contribution >= 0.6 is 0 Å². The molecule has 1 aromatic rings. The van der Waals surface area contributed by atoms with Crippen molar-refractivity contribution in [3.05, 3.63) is 11.9 Å². The number of hydrogen-bond donors (Lipinski definition) is 3. The van der Waals surface area contributed by atoms with E-state index in [4.69, 9.17) is 0 Å². The molecule has 7 heteroatoms. The summed E-state index contributed by atoms with van der Waals surface area (Å²) >= 11 is 0. The topological polar surface area (TPSA) is 92.1 Å². The van der Waals surface area contributed by atoms with Crippen LogP contribution in [0.2, 0.25) is 0 Å². The van der Waals surface area contributed by atoms with Crippen LogP contribution in [0, 0.1) is 0 Å². The molecule has 2 heterocycles. The average molecular weight is 267 g/mol. The fourth-order valence-electron chi connectivity index (χ4n) is 2.01. The van der Waals surface area contributed by atoms with E-state index in [1.807, 2.05) is 13.8 Å². The van der Waals surface area contributed by atoms with Gasteiger partial charge in [-0.05, 0) is 12.8 Å². The molecular weight excluding hydrogens is 246 g/mol. The Morgan fingerprint density at radius 3 is 2.74 bits per heavy atom. The first kappa shape index (κ1) is 14.0. The van der Waals surface area contributed by atoms with Gasteiger partial charge in [-0.3, -0.25) is 4.79 Å². The van der Waals surface area contributed by atoms with Crippen molar-refractivity contribution in [1.29, 1.82) is 0 Å². The van der Waals surface area contributed by atoms with Crippen LogP contribution in [0.3, 0.4) is 0 Å². The summed E-state index contributed by atoms with van der Waals surface area (Å²) in [5.74, 6) is -0.281. The highest BCUT2D eigenvalue weighted by Crippen LogP contribution is 2.15. The van der Waals surface area contributed by atoms with Gasteiger partial charge in [0.15, 0.2) is 5.69 Å². The molecule has 106 valence electrons. The van der Waals surface area contributed by atoms with Crippen LogP contribution in [0.5, 0.6) is 0 Å². The Morgan fingerprint density at radius 2 is 2.26 bits per heavy atom. The minimum Gasteiger partial charge on any atom is -0.394 e. The molecule has 1 amide bonds. The fourth-order valence-corrected chi connectivity index (χ4v) is 2.01. The lowest BCUT2D eigenvalue weighted by Crippen LogP contribution is -2.50. The van der Waals surface area contributed by atoms with Crippen molar-refractivity contribution in [2.45, 2.75) is 38.3 Å². The predicted molar refractivity (Wildman–Crippen MR) is 69.8 cm³/mol. The monoisotopic (exact) mass is 267 g/mol. The molecule has 0 radical (unpaired) electrons. The van der Waals surface area contributed by atoms with E-state index >= 15 is 0 Å². The molecule has 1 aliphatic heterocycles. The zero-order valence-corrected chi connectivity index (χ0v) is 11.4. The fraction of sp³-hybridized carbons (Fsp3) is 0.750. The Morgan fingerprint density at radius 1 is 1.58 bits per heavy atom. The Hall–Kier alpha value is -1.47. The van der Waals surface area contributed by atoms with Crippen molar-refractivity contribution in [1.82, 2.24) is 25.6 Å². The second-order valence-corrected chi connectivity index (χ2v) is 5.00. The van der Waals surface area contributed by atoms with Gasteiger partial charge in [-0.15, -0.1) is 5.10 Å². The van der Waals surface area contributed by atoms with Crippen LogP contribution in [0.25, 0.3) is 0 Å². The van der Waals surface area contributed by atoms with Crippen LogP contribution < -0.4 is 10.6 Å². The Balaban J connectivity index is 2.04. The van der Waals surface area contributed by atoms with E-state index in [0.29, 0.717) is 18.5 Å². The number of rotatable bonds is 6. The molecule has 19 heavy (non-hydrogen) atoms. The maximum absolute atomic E-state index is 12.1. The third-order valence-electron chi connectivity index (χ3n) is 3.91. The number of aliphatic hydroxyl groups excluding tert-OH is 1. The van der Waals surface area contributed by atoms with Crippen molar-refractivity contribution in [3.8, 4) is 0 Å². The number of amides is 1. The summed E-state index contributed by atoms with van der Waals surface area (Å²) in [6.07, 6.45) is 3.01. The number of hydrogen-bond acceptors (Lipinski definition) is 5. The number of carbonyl (C=O) groups excluding carboxylic acids is 1. The molecule has 1 fully saturated rings. The third kappa shape index (κ3) is 2.76. The highest BCUT2D eigenvalue weighted by molar-refractivity contribution is 5.92. The van der Waals surface area contributed by atoms with E-state index in [0.717, 1.165) is 13.1 Å². The van der Waals surface area contributed by atoms with Gasteiger partial charge in [0.25, 0.3) is 5.91 Å². The van der Waals surface area contributed by atoms with Crippen molar-refractivity contribution in [2.75, 3.05) is 19.7 Å². The van der Waals surface area contributed by atoms with Gasteiger partial charge >= 0.3 is 0 Å². The van der Waals surface area contributed by atoms with E-state index < -0.39 is 5.54 Å². The van der Waals surface area contributed by atoms with Gasteiger partial charge in [0.05, 0.1) is 24.4 Å². The van der Waals surface area contributed by atoms with E-state index in [1.165, 1.54) is 0 Å². The number of nitrogens with zero attached hydrogens (tertiary/aromatic N) is 3. The van der Waals surface area contributed by atoms with Gasteiger partial charge in [0, 0.05) is 13.1 Å². The molecule has 0 bridgehead atoms. The molecular formula is C12H21N5O2. The van der Waals surface area contributed by atoms with E-state index in [-0.39, 0.29) is 18.6 Å².